The van der Waals surface area contributed by atoms with Gasteiger partial charge in [-0.15, -0.1) is 0 Å². The van der Waals surface area contributed by atoms with Gasteiger partial charge >= 0.3 is 12.0 Å². The molecule has 0 unspecified atom stereocenters. The van der Waals surface area contributed by atoms with Crippen LogP contribution >= 0.6 is 0 Å². The summed E-state index contributed by atoms with van der Waals surface area (Å²) in [7, 11) is 0. The van der Waals surface area contributed by atoms with Crippen molar-refractivity contribution in [1.82, 2.24) is 10.3 Å². The van der Waals surface area contributed by atoms with Crippen molar-refractivity contribution in [3.05, 3.63) is 23.9 Å². The van der Waals surface area contributed by atoms with Gasteiger partial charge < -0.3 is 10.4 Å². The van der Waals surface area contributed by atoms with E-state index in [1.807, 2.05) is 12.3 Å². The lowest BCUT2D eigenvalue weighted by atomic mass is 9.81. The highest BCUT2D eigenvalue weighted by Gasteiger charge is 2.22. The lowest BCUT2D eigenvalue weighted by Crippen LogP contribution is -2.45. The van der Waals surface area contributed by atoms with Crippen LogP contribution in [0, 0.1) is 0 Å². The summed E-state index contributed by atoms with van der Waals surface area (Å²) in [4.78, 5) is 26.8. The molecule has 1 aliphatic rings. The number of pyridine rings is 1. The van der Waals surface area contributed by atoms with E-state index in [2.05, 4.69) is 15.6 Å². The summed E-state index contributed by atoms with van der Waals surface area (Å²) < 4.78 is 0. The van der Waals surface area contributed by atoms with Gasteiger partial charge in [0, 0.05) is 18.2 Å². The summed E-state index contributed by atoms with van der Waals surface area (Å²) in [5.41, 5.74) is 0.632. The Bertz CT molecular complexity index is 536. The zero-order valence-electron chi connectivity index (χ0n) is 13.1. The van der Waals surface area contributed by atoms with Crippen LogP contribution in [0.15, 0.2) is 18.3 Å². The van der Waals surface area contributed by atoms with Gasteiger partial charge in [-0.05, 0) is 50.7 Å². The number of anilines is 1. The van der Waals surface area contributed by atoms with Crippen molar-refractivity contribution in [2.75, 3.05) is 5.32 Å². The molecular weight excluding hydrogens is 282 g/mol. The number of urea groups is 1. The number of rotatable bonds is 6. The summed E-state index contributed by atoms with van der Waals surface area (Å²) in [5, 5.41) is 14.1. The lowest BCUT2D eigenvalue weighted by Gasteiger charge is -2.26. The summed E-state index contributed by atoms with van der Waals surface area (Å²) in [5.74, 6) is 0.239. The van der Waals surface area contributed by atoms with E-state index in [0.717, 1.165) is 0 Å². The Labute approximate surface area is 130 Å². The van der Waals surface area contributed by atoms with Crippen molar-refractivity contribution in [3.63, 3.8) is 0 Å². The maximum atomic E-state index is 11.9. The molecule has 0 radical (unpaired) electrons. The summed E-state index contributed by atoms with van der Waals surface area (Å²) in [6, 6.07) is 3.43. The first-order chi connectivity index (χ1) is 10.4. The van der Waals surface area contributed by atoms with Gasteiger partial charge in [0.1, 0.15) is 5.82 Å². The monoisotopic (exact) mass is 305 g/mol. The van der Waals surface area contributed by atoms with E-state index in [-0.39, 0.29) is 12.5 Å². The zero-order valence-corrected chi connectivity index (χ0v) is 13.1. The van der Waals surface area contributed by atoms with Crippen molar-refractivity contribution < 1.29 is 14.7 Å². The third-order valence-electron chi connectivity index (χ3n) is 4.02. The smallest absolute Gasteiger partial charge is 0.320 e. The number of amides is 2. The normalized spacial score (nSPS) is 15.0. The van der Waals surface area contributed by atoms with E-state index in [9.17, 15) is 9.59 Å². The average molecular weight is 305 g/mol. The second-order valence-corrected chi connectivity index (χ2v) is 6.46. The first-order valence-corrected chi connectivity index (χ1v) is 7.63. The topological polar surface area (TPSA) is 91.3 Å². The minimum Gasteiger partial charge on any atom is -0.481 e. The number of hydrogen-bond donors (Lipinski definition) is 3. The van der Waals surface area contributed by atoms with Crippen molar-refractivity contribution in [2.45, 2.75) is 57.4 Å². The summed E-state index contributed by atoms with van der Waals surface area (Å²) in [6.45, 7) is 3.59. The molecular formula is C16H23N3O3. The highest BCUT2D eigenvalue weighted by molar-refractivity contribution is 5.88. The van der Waals surface area contributed by atoms with Crippen LogP contribution in [0.25, 0.3) is 0 Å². The quantitative estimate of drug-likeness (QED) is 0.753. The van der Waals surface area contributed by atoms with Gasteiger partial charge in [0.15, 0.2) is 0 Å². The molecule has 0 aromatic carbocycles. The van der Waals surface area contributed by atoms with Crippen LogP contribution in [0.2, 0.25) is 0 Å². The van der Waals surface area contributed by atoms with Crippen LogP contribution in [0.4, 0.5) is 10.6 Å². The van der Waals surface area contributed by atoms with Crippen molar-refractivity contribution >= 4 is 17.8 Å². The van der Waals surface area contributed by atoms with Crippen LogP contribution in [0.1, 0.15) is 57.4 Å². The Morgan fingerprint density at radius 3 is 2.59 bits per heavy atom. The Balaban J connectivity index is 1.84. The largest absolute Gasteiger partial charge is 0.481 e. The maximum Gasteiger partial charge on any atom is 0.320 e. The SMILES string of the molecule is CC(C)(CCC(=O)O)NC(=O)Nc1ccc(C2CCC2)cn1. The van der Waals surface area contributed by atoms with E-state index in [4.69, 9.17) is 5.11 Å². The van der Waals surface area contributed by atoms with Crippen LogP contribution in [-0.2, 0) is 4.79 Å². The first kappa shape index (κ1) is 16.3. The standard InChI is InChI=1S/C16H23N3O3/c1-16(2,9-8-14(20)21)19-15(22)18-13-7-6-12(10-17-13)11-4-3-5-11/h6-7,10-11H,3-5,8-9H2,1-2H3,(H,20,21)(H2,17,18,19,22). The van der Waals surface area contributed by atoms with Crippen LogP contribution < -0.4 is 10.6 Å². The van der Waals surface area contributed by atoms with Crippen LogP contribution in [0.3, 0.4) is 0 Å². The molecule has 1 fully saturated rings. The maximum absolute atomic E-state index is 11.9. The van der Waals surface area contributed by atoms with E-state index in [1.54, 1.807) is 19.9 Å². The second-order valence-electron chi connectivity index (χ2n) is 6.46. The molecule has 2 amide bonds. The lowest BCUT2D eigenvalue weighted by molar-refractivity contribution is -0.137. The Hall–Kier alpha value is -2.11. The number of nitrogens with zero attached hydrogens (tertiary/aromatic N) is 1. The molecule has 0 atom stereocenters. The molecule has 3 N–H and O–H groups in total. The fourth-order valence-corrected chi connectivity index (χ4v) is 2.40. The number of hydrogen-bond acceptors (Lipinski definition) is 3. The van der Waals surface area contributed by atoms with E-state index in [0.29, 0.717) is 18.2 Å². The molecule has 1 aromatic rings. The third-order valence-corrected chi connectivity index (χ3v) is 4.02. The number of carbonyl (C=O) groups is 2. The van der Waals surface area contributed by atoms with Gasteiger partial charge in [-0.25, -0.2) is 9.78 Å². The minimum atomic E-state index is -0.872. The molecule has 0 spiro atoms. The van der Waals surface area contributed by atoms with Gasteiger partial charge in [-0.2, -0.15) is 0 Å². The van der Waals surface area contributed by atoms with Gasteiger partial charge in [0.2, 0.25) is 0 Å². The van der Waals surface area contributed by atoms with Crippen LogP contribution in [0.5, 0.6) is 0 Å². The Morgan fingerprint density at radius 1 is 1.36 bits per heavy atom. The third kappa shape index (κ3) is 4.72. The van der Waals surface area contributed by atoms with Gasteiger partial charge in [0.05, 0.1) is 0 Å². The molecule has 6 nitrogen and oxygen atoms in total. The Kier molecular flexibility index (Phi) is 5.00. The number of nitrogens with one attached hydrogen (secondary N) is 2. The van der Waals surface area contributed by atoms with Gasteiger partial charge in [0.25, 0.3) is 0 Å². The molecule has 1 heterocycles. The van der Waals surface area contributed by atoms with E-state index in [1.165, 1.54) is 24.8 Å². The van der Waals surface area contributed by atoms with Crippen molar-refractivity contribution in [3.8, 4) is 0 Å². The molecule has 1 aliphatic carbocycles. The van der Waals surface area contributed by atoms with Gasteiger partial charge in [-0.1, -0.05) is 12.5 Å². The fourth-order valence-electron chi connectivity index (χ4n) is 2.40. The summed E-state index contributed by atoms with van der Waals surface area (Å²) in [6.07, 6.45) is 5.90. The number of carboxylic acids is 1. The molecule has 1 aromatic heterocycles. The highest BCUT2D eigenvalue weighted by atomic mass is 16.4. The molecule has 120 valence electrons. The zero-order chi connectivity index (χ0) is 16.2. The number of aromatic nitrogens is 1. The molecule has 1 saturated carbocycles. The second kappa shape index (κ2) is 6.77. The number of carbonyl (C=O) groups excluding carboxylic acids is 1. The number of aliphatic carboxylic acids is 1. The molecule has 22 heavy (non-hydrogen) atoms. The Morgan fingerprint density at radius 2 is 2.09 bits per heavy atom. The molecule has 2 rings (SSSR count). The van der Waals surface area contributed by atoms with Crippen molar-refractivity contribution in [2.24, 2.45) is 0 Å². The van der Waals surface area contributed by atoms with Crippen molar-refractivity contribution in [1.29, 1.82) is 0 Å². The predicted molar refractivity (Wildman–Crippen MR) is 83.9 cm³/mol. The average Bonchev–Trinajstić information content (AvgIpc) is 2.36. The summed E-state index contributed by atoms with van der Waals surface area (Å²) >= 11 is 0. The molecule has 0 bridgehead atoms. The van der Waals surface area contributed by atoms with E-state index < -0.39 is 11.5 Å². The molecule has 0 saturated heterocycles. The van der Waals surface area contributed by atoms with E-state index >= 15 is 0 Å². The minimum absolute atomic E-state index is 0.0155. The van der Waals surface area contributed by atoms with Gasteiger partial charge in [-0.3, -0.25) is 10.1 Å². The first-order valence-electron chi connectivity index (χ1n) is 7.63. The molecule has 6 heteroatoms. The predicted octanol–water partition coefficient (Wildman–Crippen LogP) is 3.11. The molecule has 0 aliphatic heterocycles. The van der Waals surface area contributed by atoms with Crippen LogP contribution in [-0.4, -0.2) is 27.6 Å². The number of carboxylic acid groups (broad SMARTS) is 1. The highest BCUT2D eigenvalue weighted by Crippen LogP contribution is 2.35. The fraction of sp³-hybridized carbons (Fsp3) is 0.562.